The molecule has 0 bridgehead atoms. The average Bonchev–Trinajstić information content (AvgIpc) is 2.69. The molecule has 0 atom stereocenters. The van der Waals surface area contributed by atoms with Gasteiger partial charge in [0.2, 0.25) is 11.8 Å². The van der Waals surface area contributed by atoms with Crippen molar-refractivity contribution in [1.82, 2.24) is 0 Å². The van der Waals surface area contributed by atoms with Crippen LogP contribution in [0.4, 0.5) is 15.8 Å². The number of para-hydroxylation sites is 2. The maximum atomic E-state index is 13.7. The van der Waals surface area contributed by atoms with E-state index in [2.05, 4.69) is 5.32 Å². The van der Waals surface area contributed by atoms with E-state index in [4.69, 9.17) is 0 Å². The Labute approximate surface area is 153 Å². The first kappa shape index (κ1) is 18.1. The standard InChI is InChI=1S/C21H23FN2O2/c1-24(17-7-3-2-4-8-17)21(26)16-13-11-15(12-14-16)20(25)23-19-10-6-5-9-18(19)22/h2-10,15-16H,11-14H2,1H3,(H,23,25). The number of halogens is 1. The van der Waals surface area contributed by atoms with Crippen LogP contribution in [0.25, 0.3) is 0 Å². The highest BCUT2D eigenvalue weighted by molar-refractivity contribution is 5.95. The van der Waals surface area contributed by atoms with E-state index in [0.29, 0.717) is 25.7 Å². The number of nitrogens with zero attached hydrogens (tertiary/aromatic N) is 1. The monoisotopic (exact) mass is 354 g/mol. The molecule has 2 amide bonds. The molecule has 0 unspecified atom stereocenters. The molecule has 2 aromatic rings. The molecule has 0 radical (unpaired) electrons. The third-order valence-electron chi connectivity index (χ3n) is 5.05. The second kappa shape index (κ2) is 8.13. The van der Waals surface area contributed by atoms with E-state index in [9.17, 15) is 14.0 Å². The molecule has 0 aromatic heterocycles. The maximum absolute atomic E-state index is 13.7. The third-order valence-corrected chi connectivity index (χ3v) is 5.05. The SMILES string of the molecule is CN(C(=O)C1CCC(C(=O)Nc2ccccc2F)CC1)c1ccccc1. The molecular weight excluding hydrogens is 331 g/mol. The van der Waals surface area contributed by atoms with Crippen molar-refractivity contribution in [1.29, 1.82) is 0 Å². The first-order chi connectivity index (χ1) is 12.6. The molecule has 2 aromatic carbocycles. The van der Waals surface area contributed by atoms with Gasteiger partial charge in [-0.1, -0.05) is 30.3 Å². The predicted octanol–water partition coefficient (Wildman–Crippen LogP) is 4.23. The quantitative estimate of drug-likeness (QED) is 0.893. The molecule has 136 valence electrons. The lowest BCUT2D eigenvalue weighted by Gasteiger charge is -2.30. The Morgan fingerprint density at radius 2 is 1.50 bits per heavy atom. The van der Waals surface area contributed by atoms with Crippen LogP contribution in [0.15, 0.2) is 54.6 Å². The molecule has 0 spiro atoms. The van der Waals surface area contributed by atoms with Crippen LogP contribution in [0.3, 0.4) is 0 Å². The summed E-state index contributed by atoms with van der Waals surface area (Å²) in [5.41, 5.74) is 1.08. The zero-order chi connectivity index (χ0) is 18.5. The molecule has 3 rings (SSSR count). The number of hydrogen-bond acceptors (Lipinski definition) is 2. The molecule has 1 aliphatic rings. The molecule has 4 nitrogen and oxygen atoms in total. The van der Waals surface area contributed by atoms with Crippen LogP contribution >= 0.6 is 0 Å². The minimum Gasteiger partial charge on any atom is -0.323 e. The van der Waals surface area contributed by atoms with Gasteiger partial charge in [-0.25, -0.2) is 4.39 Å². The summed E-state index contributed by atoms with van der Waals surface area (Å²) in [6.07, 6.45) is 2.62. The van der Waals surface area contributed by atoms with Gasteiger partial charge in [0.15, 0.2) is 0 Å². The van der Waals surface area contributed by atoms with Crippen molar-refractivity contribution in [2.24, 2.45) is 11.8 Å². The van der Waals surface area contributed by atoms with Gasteiger partial charge in [-0.2, -0.15) is 0 Å². The van der Waals surface area contributed by atoms with Gasteiger partial charge >= 0.3 is 0 Å². The Balaban J connectivity index is 1.54. The van der Waals surface area contributed by atoms with Gasteiger partial charge < -0.3 is 10.2 Å². The van der Waals surface area contributed by atoms with Gasteiger partial charge in [0.25, 0.3) is 0 Å². The van der Waals surface area contributed by atoms with Crippen molar-refractivity contribution in [3.63, 3.8) is 0 Å². The fourth-order valence-corrected chi connectivity index (χ4v) is 3.45. The van der Waals surface area contributed by atoms with E-state index in [1.165, 1.54) is 6.07 Å². The summed E-state index contributed by atoms with van der Waals surface area (Å²) < 4.78 is 13.7. The lowest BCUT2D eigenvalue weighted by molar-refractivity contribution is -0.126. The van der Waals surface area contributed by atoms with Gasteiger partial charge in [0.05, 0.1) is 5.69 Å². The third kappa shape index (κ3) is 4.10. The molecule has 1 saturated carbocycles. The molecule has 5 heteroatoms. The van der Waals surface area contributed by atoms with Gasteiger partial charge in [-0.05, 0) is 49.9 Å². The number of carbonyl (C=O) groups excluding carboxylic acids is 2. The van der Waals surface area contributed by atoms with Gasteiger partial charge in [0, 0.05) is 24.6 Å². The molecule has 1 fully saturated rings. The number of amides is 2. The largest absolute Gasteiger partial charge is 0.323 e. The summed E-state index contributed by atoms with van der Waals surface area (Å²) in [6, 6.07) is 15.7. The van der Waals surface area contributed by atoms with Crippen molar-refractivity contribution in [2.75, 3.05) is 17.3 Å². The number of nitrogens with one attached hydrogen (secondary N) is 1. The number of hydrogen-bond donors (Lipinski definition) is 1. The van der Waals surface area contributed by atoms with E-state index >= 15 is 0 Å². The van der Waals surface area contributed by atoms with Gasteiger partial charge in [-0.3, -0.25) is 9.59 Å². The Hall–Kier alpha value is -2.69. The average molecular weight is 354 g/mol. The van der Waals surface area contributed by atoms with E-state index in [1.54, 1.807) is 30.1 Å². The van der Waals surface area contributed by atoms with Crippen molar-refractivity contribution >= 4 is 23.2 Å². The van der Waals surface area contributed by atoms with Crippen LogP contribution in [0.1, 0.15) is 25.7 Å². The number of rotatable bonds is 4. The fourth-order valence-electron chi connectivity index (χ4n) is 3.45. The van der Waals surface area contributed by atoms with Crippen LogP contribution in [0, 0.1) is 17.7 Å². The number of carbonyl (C=O) groups is 2. The Morgan fingerprint density at radius 1 is 0.923 bits per heavy atom. The summed E-state index contributed by atoms with van der Waals surface area (Å²) in [5.74, 6) is -0.769. The second-order valence-corrected chi connectivity index (χ2v) is 6.75. The van der Waals surface area contributed by atoms with Crippen LogP contribution in [-0.4, -0.2) is 18.9 Å². The molecular formula is C21H23FN2O2. The first-order valence-electron chi connectivity index (χ1n) is 8.94. The van der Waals surface area contributed by atoms with Crippen molar-refractivity contribution in [2.45, 2.75) is 25.7 Å². The number of anilines is 2. The predicted molar refractivity (Wildman–Crippen MR) is 100 cm³/mol. The maximum Gasteiger partial charge on any atom is 0.229 e. The van der Waals surface area contributed by atoms with Crippen LogP contribution in [0.5, 0.6) is 0 Å². The van der Waals surface area contributed by atoms with E-state index in [0.717, 1.165) is 5.69 Å². The molecule has 1 aliphatic carbocycles. The van der Waals surface area contributed by atoms with Crippen molar-refractivity contribution in [3.8, 4) is 0 Å². The van der Waals surface area contributed by atoms with Crippen LogP contribution in [0.2, 0.25) is 0 Å². The first-order valence-corrected chi connectivity index (χ1v) is 8.94. The highest BCUT2D eigenvalue weighted by Gasteiger charge is 2.31. The highest BCUT2D eigenvalue weighted by Crippen LogP contribution is 2.32. The molecule has 0 aliphatic heterocycles. The Kier molecular flexibility index (Phi) is 5.66. The minimum absolute atomic E-state index is 0.0716. The van der Waals surface area contributed by atoms with Gasteiger partial charge in [0.1, 0.15) is 5.82 Å². The summed E-state index contributed by atoms with van der Waals surface area (Å²) in [5, 5.41) is 2.66. The van der Waals surface area contributed by atoms with Gasteiger partial charge in [-0.15, -0.1) is 0 Å². The normalized spacial score (nSPS) is 19.6. The summed E-state index contributed by atoms with van der Waals surface area (Å²) in [7, 11) is 1.79. The van der Waals surface area contributed by atoms with E-state index in [1.807, 2.05) is 30.3 Å². The molecule has 26 heavy (non-hydrogen) atoms. The van der Waals surface area contributed by atoms with E-state index in [-0.39, 0.29) is 29.3 Å². The zero-order valence-electron chi connectivity index (χ0n) is 14.8. The minimum atomic E-state index is -0.436. The Bertz CT molecular complexity index is 771. The number of benzene rings is 2. The molecule has 0 heterocycles. The second-order valence-electron chi connectivity index (χ2n) is 6.75. The molecule has 0 saturated heterocycles. The highest BCUT2D eigenvalue weighted by atomic mass is 19.1. The summed E-state index contributed by atoms with van der Waals surface area (Å²) in [4.78, 5) is 26.7. The summed E-state index contributed by atoms with van der Waals surface area (Å²) in [6.45, 7) is 0. The summed E-state index contributed by atoms with van der Waals surface area (Å²) >= 11 is 0. The zero-order valence-corrected chi connectivity index (χ0v) is 14.8. The fraction of sp³-hybridized carbons (Fsp3) is 0.333. The lowest BCUT2D eigenvalue weighted by atomic mass is 9.81. The Morgan fingerprint density at radius 3 is 2.15 bits per heavy atom. The van der Waals surface area contributed by atoms with Crippen LogP contribution < -0.4 is 10.2 Å². The van der Waals surface area contributed by atoms with Crippen LogP contribution in [-0.2, 0) is 9.59 Å². The van der Waals surface area contributed by atoms with Crippen molar-refractivity contribution in [3.05, 3.63) is 60.4 Å². The van der Waals surface area contributed by atoms with Crippen molar-refractivity contribution < 1.29 is 14.0 Å². The topological polar surface area (TPSA) is 49.4 Å². The molecule has 1 N–H and O–H groups in total. The lowest BCUT2D eigenvalue weighted by Crippen LogP contribution is -2.36. The van der Waals surface area contributed by atoms with E-state index < -0.39 is 5.82 Å². The smallest absolute Gasteiger partial charge is 0.229 e.